The van der Waals surface area contributed by atoms with Crippen LogP contribution in [0.15, 0.2) is 54.6 Å². The summed E-state index contributed by atoms with van der Waals surface area (Å²) in [6.07, 6.45) is 26.6. The Balaban J connectivity index is 1.76. The minimum atomic E-state index is 0.210. The molecule has 2 rings (SSSR count). The molecule has 0 heterocycles. The summed E-state index contributed by atoms with van der Waals surface area (Å²) in [6.45, 7) is 6.36. The molecular formula is C37H59NO. The van der Waals surface area contributed by atoms with Gasteiger partial charge in [0, 0.05) is 18.7 Å². The number of carbonyl (C=O) groups excluding carboxylic acids is 1. The minimum Gasteiger partial charge on any atom is -0.339 e. The number of rotatable bonds is 24. The van der Waals surface area contributed by atoms with Gasteiger partial charge in [-0.2, -0.15) is 0 Å². The zero-order valence-electron chi connectivity index (χ0n) is 25.6. The molecule has 218 valence electrons. The van der Waals surface area contributed by atoms with Crippen LogP contribution >= 0.6 is 0 Å². The van der Waals surface area contributed by atoms with Crippen LogP contribution in [0.3, 0.4) is 0 Å². The Morgan fingerprint density at radius 3 is 1.23 bits per heavy atom. The Bertz CT molecular complexity index is 804. The molecule has 2 heteroatoms. The second-order valence-corrected chi connectivity index (χ2v) is 11.6. The fraction of sp³-hybridized carbons (Fsp3) is 0.649. The maximum Gasteiger partial charge on any atom is 0.253 e. The maximum atomic E-state index is 13.5. The lowest BCUT2D eigenvalue weighted by Crippen LogP contribution is -2.33. The smallest absolute Gasteiger partial charge is 0.253 e. The molecule has 0 aliphatic rings. The van der Waals surface area contributed by atoms with E-state index in [1.807, 2.05) is 18.2 Å². The molecule has 0 aromatic heterocycles. The lowest BCUT2D eigenvalue weighted by atomic mass is 10.0. The van der Waals surface area contributed by atoms with Gasteiger partial charge in [-0.15, -0.1) is 0 Å². The third-order valence-corrected chi connectivity index (χ3v) is 8.09. The van der Waals surface area contributed by atoms with Gasteiger partial charge in [-0.3, -0.25) is 4.79 Å². The van der Waals surface area contributed by atoms with E-state index in [1.165, 1.54) is 127 Å². The van der Waals surface area contributed by atoms with Gasteiger partial charge in [-0.1, -0.05) is 172 Å². The van der Waals surface area contributed by atoms with Crippen molar-refractivity contribution >= 4 is 5.91 Å². The summed E-state index contributed by atoms with van der Waals surface area (Å²) in [6, 6.07) is 18.7. The zero-order chi connectivity index (χ0) is 27.8. The van der Waals surface area contributed by atoms with E-state index in [0.29, 0.717) is 0 Å². The molecule has 0 saturated heterocycles. The molecule has 0 N–H and O–H groups in total. The molecule has 0 aliphatic carbocycles. The number of benzene rings is 2. The topological polar surface area (TPSA) is 20.3 Å². The van der Waals surface area contributed by atoms with E-state index in [1.54, 1.807) is 0 Å². The van der Waals surface area contributed by atoms with E-state index in [4.69, 9.17) is 0 Å². The molecule has 0 fully saturated rings. The summed E-state index contributed by atoms with van der Waals surface area (Å²) in [4.78, 5) is 15.6. The molecule has 2 aromatic rings. The summed E-state index contributed by atoms with van der Waals surface area (Å²) in [5.74, 6) is 0.210. The molecule has 0 aliphatic heterocycles. The van der Waals surface area contributed by atoms with Crippen LogP contribution in [0.25, 0.3) is 11.1 Å². The number of hydrogen-bond acceptors (Lipinski definition) is 1. The molecule has 0 saturated carbocycles. The van der Waals surface area contributed by atoms with E-state index in [9.17, 15) is 4.79 Å². The highest BCUT2D eigenvalue weighted by Gasteiger charge is 2.15. The Morgan fingerprint density at radius 1 is 0.462 bits per heavy atom. The molecule has 1 amide bonds. The van der Waals surface area contributed by atoms with Crippen LogP contribution in [0.1, 0.15) is 153 Å². The lowest BCUT2D eigenvalue weighted by Gasteiger charge is -2.23. The lowest BCUT2D eigenvalue weighted by molar-refractivity contribution is 0.0749. The summed E-state index contributed by atoms with van der Waals surface area (Å²) < 4.78 is 0. The molecule has 2 nitrogen and oxygen atoms in total. The van der Waals surface area contributed by atoms with Gasteiger partial charge in [0.1, 0.15) is 0 Å². The van der Waals surface area contributed by atoms with Gasteiger partial charge in [-0.25, -0.2) is 0 Å². The van der Waals surface area contributed by atoms with E-state index < -0.39 is 0 Å². The highest BCUT2D eigenvalue weighted by molar-refractivity contribution is 5.94. The number of hydrogen-bond donors (Lipinski definition) is 0. The Hall–Kier alpha value is -2.09. The van der Waals surface area contributed by atoms with Crippen molar-refractivity contribution in [1.29, 1.82) is 0 Å². The molecule has 0 atom stereocenters. The van der Waals surface area contributed by atoms with Gasteiger partial charge >= 0.3 is 0 Å². The second kappa shape index (κ2) is 22.7. The monoisotopic (exact) mass is 533 g/mol. The van der Waals surface area contributed by atoms with Crippen LogP contribution in [0.2, 0.25) is 0 Å². The average molecular weight is 534 g/mol. The molecule has 0 spiro atoms. The van der Waals surface area contributed by atoms with Crippen LogP contribution < -0.4 is 0 Å². The van der Waals surface area contributed by atoms with Crippen molar-refractivity contribution in [1.82, 2.24) is 4.90 Å². The molecule has 0 unspecified atom stereocenters. The zero-order valence-corrected chi connectivity index (χ0v) is 25.6. The molecule has 2 aromatic carbocycles. The van der Waals surface area contributed by atoms with Crippen molar-refractivity contribution in [3.8, 4) is 11.1 Å². The second-order valence-electron chi connectivity index (χ2n) is 11.6. The Kier molecular flexibility index (Phi) is 19.3. The molecule has 0 radical (unpaired) electrons. The van der Waals surface area contributed by atoms with Gasteiger partial charge in [-0.05, 0) is 36.1 Å². The number of unbranched alkanes of at least 4 members (excludes halogenated alkanes) is 18. The van der Waals surface area contributed by atoms with Gasteiger partial charge in [0.2, 0.25) is 0 Å². The highest BCUT2D eigenvalue weighted by atomic mass is 16.2. The van der Waals surface area contributed by atoms with Crippen LogP contribution in [-0.2, 0) is 0 Å². The van der Waals surface area contributed by atoms with E-state index in [2.05, 4.69) is 55.1 Å². The summed E-state index contributed by atoms with van der Waals surface area (Å²) in [7, 11) is 0. The predicted octanol–water partition coefficient (Wildman–Crippen LogP) is 11.6. The van der Waals surface area contributed by atoms with Crippen molar-refractivity contribution in [2.24, 2.45) is 0 Å². The Labute approximate surface area is 242 Å². The van der Waals surface area contributed by atoms with Gasteiger partial charge in [0.05, 0.1) is 0 Å². The quantitative estimate of drug-likeness (QED) is 0.123. The number of amides is 1. The first-order valence-electron chi connectivity index (χ1n) is 16.7. The largest absolute Gasteiger partial charge is 0.339 e. The van der Waals surface area contributed by atoms with E-state index in [-0.39, 0.29) is 5.91 Å². The van der Waals surface area contributed by atoms with Crippen molar-refractivity contribution in [3.05, 3.63) is 60.2 Å². The minimum absolute atomic E-state index is 0.210. The SMILES string of the molecule is CCCCCCCCCCCCN(CCCCCCCCCCCC)C(=O)c1ccc(-c2ccccc2)cc1. The average Bonchev–Trinajstić information content (AvgIpc) is 2.98. The van der Waals surface area contributed by atoms with Crippen molar-refractivity contribution in [2.45, 2.75) is 142 Å². The molecular weight excluding hydrogens is 474 g/mol. The van der Waals surface area contributed by atoms with Crippen molar-refractivity contribution in [2.75, 3.05) is 13.1 Å². The van der Waals surface area contributed by atoms with E-state index >= 15 is 0 Å². The normalized spacial score (nSPS) is 11.1. The number of carbonyl (C=O) groups is 1. The highest BCUT2D eigenvalue weighted by Crippen LogP contribution is 2.20. The Morgan fingerprint density at radius 2 is 0.821 bits per heavy atom. The fourth-order valence-electron chi connectivity index (χ4n) is 5.51. The van der Waals surface area contributed by atoms with Gasteiger partial charge < -0.3 is 4.90 Å². The summed E-state index contributed by atoms with van der Waals surface area (Å²) in [5.41, 5.74) is 3.20. The number of nitrogens with zero attached hydrogens (tertiary/aromatic N) is 1. The molecule has 39 heavy (non-hydrogen) atoms. The standard InChI is InChI=1S/C37H59NO/c1-3-5-7-9-11-13-15-17-19-24-32-38(33-25-20-18-16-14-12-10-8-6-4-2)37(39)36-30-28-35(29-31-36)34-26-22-21-23-27-34/h21-23,26-31H,3-20,24-25,32-33H2,1-2H3. The first kappa shape index (κ1) is 33.1. The van der Waals surface area contributed by atoms with E-state index in [0.717, 1.165) is 31.5 Å². The van der Waals surface area contributed by atoms with Crippen LogP contribution in [0, 0.1) is 0 Å². The summed E-state index contributed by atoms with van der Waals surface area (Å²) in [5, 5.41) is 0. The molecule has 0 bridgehead atoms. The third kappa shape index (κ3) is 15.3. The first-order valence-corrected chi connectivity index (χ1v) is 16.7. The third-order valence-electron chi connectivity index (χ3n) is 8.09. The maximum absolute atomic E-state index is 13.5. The van der Waals surface area contributed by atoms with Crippen LogP contribution in [0.4, 0.5) is 0 Å². The van der Waals surface area contributed by atoms with Crippen LogP contribution in [-0.4, -0.2) is 23.9 Å². The predicted molar refractivity (Wildman–Crippen MR) is 171 cm³/mol. The van der Waals surface area contributed by atoms with Crippen LogP contribution in [0.5, 0.6) is 0 Å². The first-order chi connectivity index (χ1) is 19.3. The fourth-order valence-corrected chi connectivity index (χ4v) is 5.51. The van der Waals surface area contributed by atoms with Crippen molar-refractivity contribution in [3.63, 3.8) is 0 Å². The van der Waals surface area contributed by atoms with Gasteiger partial charge in [0.25, 0.3) is 5.91 Å². The van der Waals surface area contributed by atoms with Gasteiger partial charge in [0.15, 0.2) is 0 Å². The summed E-state index contributed by atoms with van der Waals surface area (Å²) >= 11 is 0. The van der Waals surface area contributed by atoms with Crippen molar-refractivity contribution < 1.29 is 4.79 Å².